The Morgan fingerprint density at radius 1 is 0.484 bits per heavy atom. The van der Waals surface area contributed by atoms with Crippen molar-refractivity contribution in [3.8, 4) is 0 Å². The number of aliphatic hydroxyl groups is 18. The molecule has 10 aliphatic rings. The molecule has 0 bridgehead atoms. The average Bonchev–Trinajstić information content (AvgIpc) is 1.65. The van der Waals surface area contributed by atoms with Gasteiger partial charge in [0.1, 0.15) is 128 Å². The fourth-order valence-electron chi connectivity index (χ4n) is 18.3. The Morgan fingerprint density at radius 2 is 0.989 bits per heavy atom. The van der Waals surface area contributed by atoms with Crippen molar-refractivity contribution in [1.82, 2.24) is 0 Å². The second kappa shape index (κ2) is 28.9. The summed E-state index contributed by atoms with van der Waals surface area (Å²) in [7, 11) is 0. The molecule has 93 heavy (non-hydrogen) atoms. The van der Waals surface area contributed by atoms with E-state index in [0.717, 1.165) is 18.4 Å². The van der Waals surface area contributed by atoms with E-state index in [9.17, 15) is 91.9 Å². The second-order valence-electron chi connectivity index (χ2n) is 30.0. The van der Waals surface area contributed by atoms with Gasteiger partial charge in [0.25, 0.3) is 0 Å². The van der Waals surface area contributed by atoms with Crippen molar-refractivity contribution in [2.45, 2.75) is 297 Å². The van der Waals surface area contributed by atoms with Gasteiger partial charge in [-0.1, -0.05) is 46.3 Å². The van der Waals surface area contributed by atoms with E-state index in [1.54, 1.807) is 0 Å². The molecule has 4 aliphatic carbocycles. The molecule has 6 heterocycles. The zero-order valence-corrected chi connectivity index (χ0v) is 54.2. The molecule has 6 saturated heterocycles. The summed E-state index contributed by atoms with van der Waals surface area (Å²) in [5.41, 5.74) is -1.95. The van der Waals surface area contributed by atoms with Crippen LogP contribution in [0.15, 0.2) is 11.6 Å². The number of ether oxygens (including phenoxy) is 12. The van der Waals surface area contributed by atoms with Crippen molar-refractivity contribution < 1.29 is 149 Å². The first-order chi connectivity index (χ1) is 43.7. The lowest BCUT2D eigenvalue weighted by Crippen LogP contribution is -2.68. The van der Waals surface area contributed by atoms with Gasteiger partial charge in [0.05, 0.1) is 57.5 Å². The maximum Gasteiger partial charge on any atom is 0.187 e. The van der Waals surface area contributed by atoms with Crippen LogP contribution in [-0.4, -0.2) is 315 Å². The molecule has 0 aromatic carbocycles. The summed E-state index contributed by atoms with van der Waals surface area (Å²) in [5, 5.41) is 197. The molecule has 10 rings (SSSR count). The van der Waals surface area contributed by atoms with Crippen LogP contribution in [0.5, 0.6) is 0 Å². The van der Waals surface area contributed by atoms with Gasteiger partial charge in [-0.3, -0.25) is 0 Å². The number of rotatable bonds is 19. The fourth-order valence-corrected chi connectivity index (χ4v) is 18.3. The standard InChI is InChI=1S/C63H106O30/c1-25(2)10-9-14-63(8,93-56-50(81)44(75)42(73)32(89-56)23-84-53-49(80)43(74)33(24-85-53)88-54-47(78)38(69)28(67)21-82-54)26-11-16-62(7)37(26)27(66)18-35-60(5)15-13-36(59(3,4)34(60)12-17-61(35,62)6)90-57-51(45(76)40(71)30(19-64)86-57)92-58-52(46(77)41(72)31(20-65)87-58)91-55-48(79)39(70)29(68)22-83-55/h10,26-58,64-81H,9,11-24H2,1-8H3/t26-,27+,28+,29+,30+,31+,32+,33+,34?,35+,36-,37-,38-,39-,40+,41+,42+,43-,44-,45-,46-,47+,48+,49+,50+,51+,52+,53+,54-,55-,56-,57-,58-,60-,61+,62+,63-/m0/s1. The van der Waals surface area contributed by atoms with Gasteiger partial charge in [-0.05, 0) is 124 Å². The van der Waals surface area contributed by atoms with Gasteiger partial charge < -0.3 is 149 Å². The van der Waals surface area contributed by atoms with Gasteiger partial charge in [0.15, 0.2) is 37.7 Å². The summed E-state index contributed by atoms with van der Waals surface area (Å²) in [4.78, 5) is 0. The number of hydrogen-bond acceptors (Lipinski definition) is 30. The molecule has 0 aromatic heterocycles. The Hall–Kier alpha value is -1.46. The highest BCUT2D eigenvalue weighted by atomic mass is 16.8. The van der Waals surface area contributed by atoms with Crippen LogP contribution in [0.1, 0.15) is 113 Å². The molecule has 1 unspecified atom stereocenters. The molecule has 18 N–H and O–H groups in total. The molecule has 538 valence electrons. The van der Waals surface area contributed by atoms with Gasteiger partial charge in [0.2, 0.25) is 0 Å². The van der Waals surface area contributed by atoms with Gasteiger partial charge in [0, 0.05) is 0 Å². The number of allylic oxidation sites excluding steroid dienone is 2. The van der Waals surface area contributed by atoms with Crippen LogP contribution in [0.3, 0.4) is 0 Å². The van der Waals surface area contributed by atoms with Crippen molar-refractivity contribution in [2.24, 2.45) is 45.3 Å². The summed E-state index contributed by atoms with van der Waals surface area (Å²) >= 11 is 0. The van der Waals surface area contributed by atoms with Crippen molar-refractivity contribution in [3.63, 3.8) is 0 Å². The molecule has 0 aromatic rings. The highest BCUT2D eigenvalue weighted by molar-refractivity contribution is 5.21. The first-order valence-electron chi connectivity index (χ1n) is 33.1. The molecule has 37 atom stereocenters. The minimum atomic E-state index is -1.90. The lowest BCUT2D eigenvalue weighted by Gasteiger charge is -2.71. The van der Waals surface area contributed by atoms with Crippen LogP contribution in [0, 0.1) is 45.3 Å². The first kappa shape index (κ1) is 74.2. The van der Waals surface area contributed by atoms with Crippen molar-refractivity contribution in [3.05, 3.63) is 11.6 Å². The number of hydrogen-bond donors (Lipinski definition) is 18. The van der Waals surface area contributed by atoms with E-state index in [1.807, 2.05) is 20.8 Å². The molecule has 0 amide bonds. The summed E-state index contributed by atoms with van der Waals surface area (Å²) in [5.74, 6) is -0.715. The average molecular weight is 1340 g/mol. The van der Waals surface area contributed by atoms with E-state index < -0.39 is 226 Å². The van der Waals surface area contributed by atoms with E-state index in [2.05, 4.69) is 40.7 Å². The van der Waals surface area contributed by atoms with E-state index in [1.165, 1.54) is 0 Å². The molecule has 30 nitrogen and oxygen atoms in total. The maximum absolute atomic E-state index is 13.0. The molecule has 30 heteroatoms. The molecule has 0 radical (unpaired) electrons. The van der Waals surface area contributed by atoms with Crippen LogP contribution in [0.2, 0.25) is 0 Å². The lowest BCUT2D eigenvalue weighted by atomic mass is 9.35. The molecular formula is C63H106O30. The highest BCUT2D eigenvalue weighted by Crippen LogP contribution is 2.76. The quantitative estimate of drug-likeness (QED) is 0.0427. The SMILES string of the molecule is CC(C)=CCC[C@](C)(O[C@@H]1O[C@H](CO[C@@H]2OC[C@@H](O[C@@H]3OC[C@@H](O)[C@H](O)[C@H]3O)[C@H](O)[C@H]2O)[C@@H](O)[C@H](O)[C@H]1O)[C@H]1CC[C@]2(C)[C@@H]1[C@H](O)C[C@@H]1[C@@]3(C)CC[C@H](O[C@@H]4O[C@H](CO)[C@@H](O)[C@H](O)[C@H]4O[C@@H]4O[C@H](CO)[C@@H](O)[C@H](O)[C@H]4O[C@@H]4OC[C@@H](O)[C@H](O)[C@H]4O)C(C)(C)C3CC[C@]12C. The van der Waals surface area contributed by atoms with E-state index in [4.69, 9.17) is 56.8 Å². The minimum Gasteiger partial charge on any atom is -0.394 e. The Bertz CT molecular complexity index is 2480. The van der Waals surface area contributed by atoms with Crippen LogP contribution >= 0.6 is 0 Å². The van der Waals surface area contributed by atoms with Crippen LogP contribution in [0.4, 0.5) is 0 Å². The topological polar surface area (TPSA) is 475 Å². The van der Waals surface area contributed by atoms with Crippen LogP contribution in [0.25, 0.3) is 0 Å². The van der Waals surface area contributed by atoms with Crippen LogP contribution < -0.4 is 0 Å². The van der Waals surface area contributed by atoms with E-state index in [-0.39, 0.29) is 42.3 Å². The normalized spacial score (nSPS) is 53.2. The van der Waals surface area contributed by atoms with Crippen molar-refractivity contribution in [2.75, 3.05) is 39.6 Å². The zero-order valence-electron chi connectivity index (χ0n) is 54.2. The third-order valence-electron chi connectivity index (χ3n) is 24.0. The third kappa shape index (κ3) is 13.7. The summed E-state index contributed by atoms with van der Waals surface area (Å²) in [6, 6.07) is 0. The highest BCUT2D eigenvalue weighted by Gasteiger charge is 2.72. The molecule has 10 fully saturated rings. The largest absolute Gasteiger partial charge is 0.394 e. The molecule has 0 spiro atoms. The minimum absolute atomic E-state index is 0.0258. The Morgan fingerprint density at radius 3 is 1.57 bits per heavy atom. The Kier molecular flexibility index (Phi) is 23.1. The van der Waals surface area contributed by atoms with E-state index >= 15 is 0 Å². The summed E-state index contributed by atoms with van der Waals surface area (Å²) < 4.78 is 72.4. The van der Waals surface area contributed by atoms with Crippen LogP contribution in [-0.2, 0) is 56.8 Å². The number of fused-ring (bicyclic) bond motifs is 5. The van der Waals surface area contributed by atoms with Gasteiger partial charge in [-0.2, -0.15) is 0 Å². The van der Waals surface area contributed by atoms with Gasteiger partial charge >= 0.3 is 0 Å². The molecule has 4 saturated carbocycles. The first-order valence-corrected chi connectivity index (χ1v) is 33.1. The van der Waals surface area contributed by atoms with E-state index in [0.29, 0.717) is 44.9 Å². The predicted octanol–water partition coefficient (Wildman–Crippen LogP) is -4.64. The Labute approximate surface area is 540 Å². The molecular weight excluding hydrogens is 1240 g/mol. The van der Waals surface area contributed by atoms with Gasteiger partial charge in [-0.15, -0.1) is 0 Å². The monoisotopic (exact) mass is 1340 g/mol. The maximum atomic E-state index is 13.0. The fraction of sp³-hybridized carbons (Fsp3) is 0.968. The second-order valence-corrected chi connectivity index (χ2v) is 30.0. The smallest absolute Gasteiger partial charge is 0.187 e. The van der Waals surface area contributed by atoms with Gasteiger partial charge in [-0.25, -0.2) is 0 Å². The third-order valence-corrected chi connectivity index (χ3v) is 24.0. The van der Waals surface area contributed by atoms with Crippen molar-refractivity contribution in [1.29, 1.82) is 0 Å². The number of aliphatic hydroxyl groups excluding tert-OH is 18. The summed E-state index contributed by atoms with van der Waals surface area (Å²) in [6.07, 6.45) is -38.2. The molecule has 6 aliphatic heterocycles. The van der Waals surface area contributed by atoms with Crippen molar-refractivity contribution >= 4 is 0 Å². The predicted molar refractivity (Wildman–Crippen MR) is 313 cm³/mol. The summed E-state index contributed by atoms with van der Waals surface area (Å²) in [6.45, 7) is 13.7. The lowest BCUT2D eigenvalue weighted by molar-refractivity contribution is -0.395. The zero-order chi connectivity index (χ0) is 67.9. The Balaban J connectivity index is 0.837.